The van der Waals surface area contributed by atoms with Crippen LogP contribution in [0.3, 0.4) is 0 Å². The van der Waals surface area contributed by atoms with Gasteiger partial charge in [-0.25, -0.2) is 4.79 Å². The Balaban J connectivity index is 1.74. The van der Waals surface area contributed by atoms with Crippen LogP contribution in [-0.2, 0) is 11.3 Å². The monoisotopic (exact) mass is 343 g/mol. The Morgan fingerprint density at radius 3 is 2.68 bits per heavy atom. The van der Waals surface area contributed by atoms with Crippen molar-refractivity contribution < 1.29 is 14.7 Å². The molecule has 0 saturated carbocycles. The lowest BCUT2D eigenvalue weighted by Crippen LogP contribution is -2.40. The summed E-state index contributed by atoms with van der Waals surface area (Å²) in [7, 11) is 0. The summed E-state index contributed by atoms with van der Waals surface area (Å²) < 4.78 is 0. The number of nitrogens with one attached hydrogen (secondary N) is 2. The minimum atomic E-state index is -0.847. The number of hydrogen-bond acceptors (Lipinski definition) is 2. The van der Waals surface area contributed by atoms with Crippen molar-refractivity contribution in [2.45, 2.75) is 40.7 Å². The van der Waals surface area contributed by atoms with E-state index in [-0.39, 0.29) is 12.6 Å². The van der Waals surface area contributed by atoms with Gasteiger partial charge in [0.2, 0.25) is 0 Å². The van der Waals surface area contributed by atoms with E-state index in [9.17, 15) is 14.7 Å². The molecular formula is C19H25N3O3. The number of nitrogens with zero attached hydrogens (tertiary/aromatic N) is 1. The Morgan fingerprint density at radius 2 is 2.04 bits per heavy atom. The number of carbonyl (C=O) groups is 2. The molecule has 1 aliphatic rings. The highest BCUT2D eigenvalue weighted by Gasteiger charge is 2.42. The summed E-state index contributed by atoms with van der Waals surface area (Å²) in [5, 5.41) is 13.4. The van der Waals surface area contributed by atoms with Gasteiger partial charge in [0.25, 0.3) is 0 Å². The van der Waals surface area contributed by atoms with Crippen molar-refractivity contribution in [2.24, 2.45) is 5.41 Å². The third-order valence-electron chi connectivity index (χ3n) is 5.35. The quantitative estimate of drug-likeness (QED) is 0.800. The van der Waals surface area contributed by atoms with Crippen molar-refractivity contribution in [3.05, 3.63) is 34.5 Å². The topological polar surface area (TPSA) is 85.4 Å². The summed E-state index contributed by atoms with van der Waals surface area (Å²) in [6, 6.07) is 4.02. The maximum Gasteiger partial charge on any atom is 0.317 e. The second kappa shape index (κ2) is 6.10. The van der Waals surface area contributed by atoms with Crippen molar-refractivity contribution in [1.29, 1.82) is 0 Å². The number of carboxylic acid groups (broad SMARTS) is 1. The molecule has 0 spiro atoms. The van der Waals surface area contributed by atoms with Gasteiger partial charge in [0.05, 0.1) is 10.9 Å². The minimum absolute atomic E-state index is 0.209. The Hall–Kier alpha value is -2.50. The lowest BCUT2D eigenvalue weighted by atomic mass is 9.90. The van der Waals surface area contributed by atoms with Crippen LogP contribution in [0.2, 0.25) is 0 Å². The second-order valence-electron chi connectivity index (χ2n) is 7.42. The van der Waals surface area contributed by atoms with Crippen LogP contribution in [0, 0.1) is 26.2 Å². The number of fused-ring (bicyclic) bond motifs is 1. The SMILES string of the molecule is Cc1cc(CNC(=O)N2CCC(C)(C(=O)O)C2)c2[nH]c(C)c(C)c2c1. The van der Waals surface area contributed by atoms with E-state index in [4.69, 9.17) is 0 Å². The van der Waals surface area contributed by atoms with Crippen LogP contribution in [-0.4, -0.2) is 40.1 Å². The highest BCUT2D eigenvalue weighted by Crippen LogP contribution is 2.30. The van der Waals surface area contributed by atoms with Crippen molar-refractivity contribution in [2.75, 3.05) is 13.1 Å². The number of amides is 2. The number of carboxylic acids is 1. The molecule has 1 aromatic heterocycles. The van der Waals surface area contributed by atoms with Crippen molar-refractivity contribution in [3.63, 3.8) is 0 Å². The predicted molar refractivity (Wildman–Crippen MR) is 96.7 cm³/mol. The molecule has 1 fully saturated rings. The van der Waals surface area contributed by atoms with Crippen LogP contribution < -0.4 is 5.32 Å². The van der Waals surface area contributed by atoms with Gasteiger partial charge < -0.3 is 20.3 Å². The van der Waals surface area contributed by atoms with E-state index < -0.39 is 11.4 Å². The second-order valence-corrected chi connectivity index (χ2v) is 7.42. The molecule has 3 N–H and O–H groups in total. The first-order chi connectivity index (χ1) is 11.7. The number of H-pyrrole nitrogens is 1. The van der Waals surface area contributed by atoms with Gasteiger partial charge in [0, 0.05) is 30.7 Å². The van der Waals surface area contributed by atoms with E-state index in [1.807, 2.05) is 13.8 Å². The summed E-state index contributed by atoms with van der Waals surface area (Å²) in [5.41, 5.74) is 4.76. The minimum Gasteiger partial charge on any atom is -0.481 e. The first-order valence-electron chi connectivity index (χ1n) is 8.56. The van der Waals surface area contributed by atoms with E-state index >= 15 is 0 Å². The van der Waals surface area contributed by atoms with E-state index in [0.717, 1.165) is 22.3 Å². The number of likely N-dealkylation sites (tertiary alicyclic amines) is 1. The lowest BCUT2D eigenvalue weighted by Gasteiger charge is -2.20. The summed E-state index contributed by atoms with van der Waals surface area (Å²) in [6.07, 6.45) is 0.486. The molecule has 134 valence electrons. The number of benzene rings is 1. The standard InChI is InChI=1S/C19H25N3O3/c1-11-7-14(16-15(8-11)12(2)13(3)21-16)9-20-18(25)22-6-5-19(4,10-22)17(23)24/h7-8,21H,5-6,9-10H2,1-4H3,(H,20,25)(H,23,24). The van der Waals surface area contributed by atoms with E-state index in [1.165, 1.54) is 10.9 Å². The van der Waals surface area contributed by atoms with Crippen LogP contribution in [0.4, 0.5) is 4.79 Å². The van der Waals surface area contributed by atoms with Crippen LogP contribution >= 0.6 is 0 Å². The normalized spacial score (nSPS) is 20.2. The number of rotatable bonds is 3. The summed E-state index contributed by atoms with van der Waals surface area (Å²) in [5.74, 6) is -0.847. The molecule has 1 saturated heterocycles. The Labute approximate surface area is 147 Å². The smallest absolute Gasteiger partial charge is 0.317 e. The molecule has 25 heavy (non-hydrogen) atoms. The zero-order chi connectivity index (χ0) is 18.4. The largest absolute Gasteiger partial charge is 0.481 e. The maximum absolute atomic E-state index is 12.4. The van der Waals surface area contributed by atoms with Gasteiger partial charge in [-0.05, 0) is 51.3 Å². The Morgan fingerprint density at radius 1 is 1.32 bits per heavy atom. The number of urea groups is 1. The molecule has 0 radical (unpaired) electrons. The van der Waals surface area contributed by atoms with Crippen LogP contribution in [0.25, 0.3) is 10.9 Å². The molecule has 2 aromatic rings. The summed E-state index contributed by atoms with van der Waals surface area (Å²) in [4.78, 5) is 28.8. The molecule has 0 aliphatic carbocycles. The average molecular weight is 343 g/mol. The van der Waals surface area contributed by atoms with Crippen LogP contribution in [0.15, 0.2) is 12.1 Å². The summed E-state index contributed by atoms with van der Waals surface area (Å²) >= 11 is 0. The zero-order valence-electron chi connectivity index (χ0n) is 15.2. The first kappa shape index (κ1) is 17.3. The van der Waals surface area contributed by atoms with Crippen molar-refractivity contribution in [1.82, 2.24) is 15.2 Å². The molecule has 0 bridgehead atoms. The van der Waals surface area contributed by atoms with Gasteiger partial charge in [-0.2, -0.15) is 0 Å². The molecule has 1 atom stereocenters. The molecular weight excluding hydrogens is 318 g/mol. The van der Waals surface area contributed by atoms with Gasteiger partial charge in [-0.15, -0.1) is 0 Å². The predicted octanol–water partition coefficient (Wildman–Crippen LogP) is 3.10. The van der Waals surface area contributed by atoms with Crippen molar-refractivity contribution >= 4 is 22.9 Å². The maximum atomic E-state index is 12.4. The molecule has 2 heterocycles. The van der Waals surface area contributed by atoms with Gasteiger partial charge in [0.1, 0.15) is 0 Å². The number of hydrogen-bond donors (Lipinski definition) is 3. The fourth-order valence-electron chi connectivity index (χ4n) is 3.52. The van der Waals surface area contributed by atoms with Crippen molar-refractivity contribution in [3.8, 4) is 0 Å². The molecule has 1 aliphatic heterocycles. The average Bonchev–Trinajstić information content (AvgIpc) is 3.08. The molecule has 6 nitrogen and oxygen atoms in total. The fourth-order valence-corrected chi connectivity index (χ4v) is 3.52. The molecule has 6 heteroatoms. The third-order valence-corrected chi connectivity index (χ3v) is 5.35. The molecule has 2 amide bonds. The van der Waals surface area contributed by atoms with Gasteiger partial charge in [0.15, 0.2) is 0 Å². The lowest BCUT2D eigenvalue weighted by molar-refractivity contribution is -0.147. The van der Waals surface area contributed by atoms with Crippen LogP contribution in [0.5, 0.6) is 0 Å². The summed E-state index contributed by atoms with van der Waals surface area (Å²) in [6.45, 7) is 9.01. The zero-order valence-corrected chi connectivity index (χ0v) is 15.2. The van der Waals surface area contributed by atoms with E-state index in [0.29, 0.717) is 19.5 Å². The highest BCUT2D eigenvalue weighted by atomic mass is 16.4. The van der Waals surface area contributed by atoms with Gasteiger partial charge in [-0.3, -0.25) is 4.79 Å². The fraction of sp³-hybridized carbons (Fsp3) is 0.474. The third kappa shape index (κ3) is 3.08. The highest BCUT2D eigenvalue weighted by molar-refractivity contribution is 5.88. The number of aromatic amines is 1. The van der Waals surface area contributed by atoms with E-state index in [1.54, 1.807) is 11.8 Å². The number of aryl methyl sites for hydroxylation is 3. The van der Waals surface area contributed by atoms with E-state index in [2.05, 4.69) is 29.4 Å². The Kier molecular flexibility index (Phi) is 4.22. The Bertz CT molecular complexity index is 855. The molecule has 1 unspecified atom stereocenters. The number of aliphatic carboxylic acids is 1. The van der Waals surface area contributed by atoms with Gasteiger partial charge >= 0.3 is 12.0 Å². The first-order valence-corrected chi connectivity index (χ1v) is 8.56. The van der Waals surface area contributed by atoms with Crippen LogP contribution in [0.1, 0.15) is 35.7 Å². The van der Waals surface area contributed by atoms with Gasteiger partial charge in [-0.1, -0.05) is 11.6 Å². The number of aromatic nitrogens is 1. The molecule has 1 aromatic carbocycles. The number of carbonyl (C=O) groups excluding carboxylic acids is 1. The molecule has 3 rings (SSSR count).